The summed E-state index contributed by atoms with van der Waals surface area (Å²) in [5, 5.41) is 3.59. The Bertz CT molecular complexity index is 485. The predicted octanol–water partition coefficient (Wildman–Crippen LogP) is 2.60. The van der Waals surface area contributed by atoms with E-state index in [-0.39, 0.29) is 11.9 Å². The van der Waals surface area contributed by atoms with Crippen molar-refractivity contribution in [2.75, 3.05) is 25.0 Å². The number of carbonyl (C=O) groups excluding carboxylic acids is 1. The fourth-order valence-corrected chi connectivity index (χ4v) is 2.98. The molecule has 0 saturated carbocycles. The van der Waals surface area contributed by atoms with E-state index in [0.717, 1.165) is 19.5 Å². The number of nitrogens with two attached hydrogens (primary N) is 1. The highest BCUT2D eigenvalue weighted by Gasteiger charge is 2.23. The van der Waals surface area contributed by atoms with Crippen LogP contribution in [0.15, 0.2) is 18.2 Å². The number of anilines is 1. The van der Waals surface area contributed by atoms with Crippen LogP contribution in [0, 0.1) is 5.92 Å². The molecular weight excluding hydrogens is 297 g/mol. The van der Waals surface area contributed by atoms with Gasteiger partial charge < -0.3 is 11.1 Å². The molecule has 20 heavy (non-hydrogen) atoms. The summed E-state index contributed by atoms with van der Waals surface area (Å²) in [7, 11) is 0. The number of likely N-dealkylation sites (tertiary alicyclic amines) is 1. The molecule has 3 N–H and O–H groups in total. The number of hydrogen-bond donors (Lipinski definition) is 2. The number of halogens is 2. The minimum absolute atomic E-state index is 0.101. The Hall–Kier alpha value is -0.810. The van der Waals surface area contributed by atoms with Crippen molar-refractivity contribution < 1.29 is 4.79 Å². The van der Waals surface area contributed by atoms with Gasteiger partial charge in [-0.25, -0.2) is 0 Å². The fraction of sp³-hybridized carbons (Fsp3) is 0.500. The van der Waals surface area contributed by atoms with Gasteiger partial charge in [0.15, 0.2) is 0 Å². The van der Waals surface area contributed by atoms with Crippen LogP contribution in [0.2, 0.25) is 10.0 Å². The van der Waals surface area contributed by atoms with Crippen molar-refractivity contribution in [1.82, 2.24) is 4.90 Å². The summed E-state index contributed by atoms with van der Waals surface area (Å²) < 4.78 is 0. The Morgan fingerprint density at radius 2 is 2.20 bits per heavy atom. The summed E-state index contributed by atoms with van der Waals surface area (Å²) in [4.78, 5) is 14.1. The molecule has 1 aromatic rings. The van der Waals surface area contributed by atoms with Crippen LogP contribution in [0.4, 0.5) is 5.69 Å². The molecule has 1 heterocycles. The monoisotopic (exact) mass is 315 g/mol. The molecule has 4 nitrogen and oxygen atoms in total. The zero-order valence-electron chi connectivity index (χ0n) is 11.4. The first kappa shape index (κ1) is 15.6. The largest absolute Gasteiger partial charge is 0.327 e. The Morgan fingerprint density at radius 3 is 2.90 bits per heavy atom. The lowest BCUT2D eigenvalue weighted by Crippen LogP contribution is -2.48. The molecule has 1 amide bonds. The quantitative estimate of drug-likeness (QED) is 0.901. The highest BCUT2D eigenvalue weighted by atomic mass is 35.5. The minimum Gasteiger partial charge on any atom is -0.327 e. The number of nitrogens with zero attached hydrogens (tertiary/aromatic N) is 1. The molecule has 0 bridgehead atoms. The Kier molecular flexibility index (Phi) is 5.27. The number of rotatable bonds is 3. The van der Waals surface area contributed by atoms with Crippen LogP contribution < -0.4 is 11.1 Å². The lowest BCUT2D eigenvalue weighted by Gasteiger charge is -2.34. The highest BCUT2D eigenvalue weighted by molar-refractivity contribution is 6.43. The number of benzene rings is 1. The molecule has 2 unspecified atom stereocenters. The van der Waals surface area contributed by atoms with E-state index >= 15 is 0 Å². The number of piperidine rings is 1. The van der Waals surface area contributed by atoms with Gasteiger partial charge in [-0.2, -0.15) is 0 Å². The van der Waals surface area contributed by atoms with Gasteiger partial charge in [-0.3, -0.25) is 9.69 Å². The SMILES string of the molecule is CC1CC(N)CN(CC(=O)Nc2cccc(Cl)c2Cl)C1. The average molecular weight is 316 g/mol. The second-order valence-electron chi connectivity index (χ2n) is 5.44. The molecule has 0 radical (unpaired) electrons. The Labute approximate surface area is 129 Å². The van der Waals surface area contributed by atoms with Crippen molar-refractivity contribution in [3.05, 3.63) is 28.2 Å². The van der Waals surface area contributed by atoms with Gasteiger partial charge in [0.05, 0.1) is 22.3 Å². The Balaban J connectivity index is 1.94. The van der Waals surface area contributed by atoms with Crippen LogP contribution in [0.3, 0.4) is 0 Å². The van der Waals surface area contributed by atoms with Gasteiger partial charge in [-0.05, 0) is 24.5 Å². The smallest absolute Gasteiger partial charge is 0.238 e. The summed E-state index contributed by atoms with van der Waals surface area (Å²) in [6.45, 7) is 4.12. The minimum atomic E-state index is -0.101. The van der Waals surface area contributed by atoms with Gasteiger partial charge in [-0.15, -0.1) is 0 Å². The molecule has 1 aromatic carbocycles. The highest BCUT2D eigenvalue weighted by Crippen LogP contribution is 2.29. The molecule has 6 heteroatoms. The summed E-state index contributed by atoms with van der Waals surface area (Å²) in [5.41, 5.74) is 6.52. The summed E-state index contributed by atoms with van der Waals surface area (Å²) in [6, 6.07) is 5.31. The van der Waals surface area contributed by atoms with E-state index in [0.29, 0.717) is 28.2 Å². The van der Waals surface area contributed by atoms with E-state index in [2.05, 4.69) is 17.1 Å². The molecule has 0 spiro atoms. The number of amides is 1. The lowest BCUT2D eigenvalue weighted by atomic mass is 9.97. The lowest BCUT2D eigenvalue weighted by molar-refractivity contribution is -0.117. The maximum atomic E-state index is 12.1. The van der Waals surface area contributed by atoms with Gasteiger partial charge in [-0.1, -0.05) is 36.2 Å². The van der Waals surface area contributed by atoms with Crippen LogP contribution in [0.1, 0.15) is 13.3 Å². The zero-order valence-corrected chi connectivity index (χ0v) is 12.9. The first-order valence-corrected chi connectivity index (χ1v) is 7.43. The maximum Gasteiger partial charge on any atom is 0.238 e. The van der Waals surface area contributed by atoms with Crippen molar-refractivity contribution in [3.63, 3.8) is 0 Å². The summed E-state index contributed by atoms with van der Waals surface area (Å²) in [6.07, 6.45) is 1.01. The van der Waals surface area contributed by atoms with Gasteiger partial charge in [0.2, 0.25) is 5.91 Å². The standard InChI is InChI=1S/C14H19Cl2N3O/c1-9-5-10(17)7-19(6-9)8-13(20)18-12-4-2-3-11(15)14(12)16/h2-4,9-10H,5-8,17H2,1H3,(H,18,20). The fourth-order valence-electron chi connectivity index (χ4n) is 2.64. The molecule has 1 aliphatic rings. The number of nitrogens with one attached hydrogen (secondary N) is 1. The van der Waals surface area contributed by atoms with Gasteiger partial charge in [0.1, 0.15) is 0 Å². The molecule has 2 rings (SSSR count). The van der Waals surface area contributed by atoms with Crippen LogP contribution in [-0.4, -0.2) is 36.5 Å². The third-order valence-electron chi connectivity index (χ3n) is 3.36. The van der Waals surface area contributed by atoms with Crippen molar-refractivity contribution in [1.29, 1.82) is 0 Å². The first-order chi connectivity index (χ1) is 9.45. The van der Waals surface area contributed by atoms with Gasteiger partial charge in [0.25, 0.3) is 0 Å². The molecule has 0 aromatic heterocycles. The van der Waals surface area contributed by atoms with Crippen molar-refractivity contribution in [2.45, 2.75) is 19.4 Å². The van der Waals surface area contributed by atoms with Crippen molar-refractivity contribution in [3.8, 4) is 0 Å². The van der Waals surface area contributed by atoms with E-state index in [1.165, 1.54) is 0 Å². The first-order valence-electron chi connectivity index (χ1n) is 6.67. The maximum absolute atomic E-state index is 12.1. The molecule has 1 saturated heterocycles. The molecule has 1 fully saturated rings. The molecule has 2 atom stereocenters. The zero-order chi connectivity index (χ0) is 14.7. The van der Waals surface area contributed by atoms with Crippen molar-refractivity contribution >= 4 is 34.8 Å². The predicted molar refractivity (Wildman–Crippen MR) is 83.3 cm³/mol. The van der Waals surface area contributed by atoms with Gasteiger partial charge in [0, 0.05) is 19.1 Å². The third-order valence-corrected chi connectivity index (χ3v) is 4.18. The van der Waals surface area contributed by atoms with Crippen LogP contribution >= 0.6 is 23.2 Å². The van der Waals surface area contributed by atoms with E-state index in [1.54, 1.807) is 18.2 Å². The van der Waals surface area contributed by atoms with E-state index < -0.39 is 0 Å². The third kappa shape index (κ3) is 4.09. The average Bonchev–Trinajstić information content (AvgIpc) is 2.33. The number of hydrogen-bond acceptors (Lipinski definition) is 3. The number of carbonyl (C=O) groups is 1. The van der Waals surface area contributed by atoms with Crippen LogP contribution in [-0.2, 0) is 4.79 Å². The summed E-state index contributed by atoms with van der Waals surface area (Å²) in [5.74, 6) is 0.414. The van der Waals surface area contributed by atoms with E-state index in [9.17, 15) is 4.79 Å². The molecular formula is C14H19Cl2N3O. The van der Waals surface area contributed by atoms with Gasteiger partial charge >= 0.3 is 0 Å². The second kappa shape index (κ2) is 6.76. The topological polar surface area (TPSA) is 58.4 Å². The van der Waals surface area contributed by atoms with Crippen molar-refractivity contribution in [2.24, 2.45) is 11.7 Å². The second-order valence-corrected chi connectivity index (χ2v) is 6.23. The Morgan fingerprint density at radius 1 is 1.45 bits per heavy atom. The molecule has 1 aliphatic heterocycles. The molecule has 0 aliphatic carbocycles. The van der Waals surface area contributed by atoms with Crippen LogP contribution in [0.5, 0.6) is 0 Å². The normalized spacial score (nSPS) is 23.6. The summed E-state index contributed by atoms with van der Waals surface area (Å²) >= 11 is 12.0. The van der Waals surface area contributed by atoms with Crippen LogP contribution in [0.25, 0.3) is 0 Å². The van der Waals surface area contributed by atoms with E-state index in [1.807, 2.05) is 0 Å². The molecule has 110 valence electrons. The van der Waals surface area contributed by atoms with E-state index in [4.69, 9.17) is 28.9 Å².